The topological polar surface area (TPSA) is 150 Å². The molecule has 2 aliphatic heterocycles. The van der Waals surface area contributed by atoms with Gasteiger partial charge in [0.1, 0.15) is 11.8 Å². The molecule has 2 aromatic carbocycles. The molecule has 1 fully saturated rings. The van der Waals surface area contributed by atoms with E-state index < -0.39 is 45.7 Å². The molecule has 3 aromatic rings. The van der Waals surface area contributed by atoms with E-state index in [2.05, 4.69) is 5.32 Å². The minimum absolute atomic E-state index is 0.335. The normalized spacial score (nSPS) is 19.9. The molecule has 202 valence electrons. The molecule has 39 heavy (non-hydrogen) atoms. The molecule has 0 radical (unpaired) electrons. The van der Waals surface area contributed by atoms with Crippen LogP contribution in [0.5, 0.6) is 11.5 Å². The van der Waals surface area contributed by atoms with E-state index in [9.17, 15) is 24.0 Å². The van der Waals surface area contributed by atoms with Crippen LogP contribution in [0.2, 0.25) is 5.02 Å². The Morgan fingerprint density at radius 1 is 1.03 bits per heavy atom. The third-order valence-corrected chi connectivity index (χ3v) is 9.32. The minimum atomic E-state index is -1.17. The fourth-order valence-corrected chi connectivity index (χ4v) is 7.65. The monoisotopic (exact) mass is 588 g/mol. The summed E-state index contributed by atoms with van der Waals surface area (Å²) in [5.41, 5.74) is 6.43. The first-order valence-corrected chi connectivity index (χ1v) is 13.6. The van der Waals surface area contributed by atoms with Gasteiger partial charge in [0, 0.05) is 21.5 Å². The first-order chi connectivity index (χ1) is 18.6. The van der Waals surface area contributed by atoms with Crippen LogP contribution >= 0.6 is 34.7 Å². The number of ether oxygens (including phenoxy) is 2. The lowest BCUT2D eigenvalue weighted by Gasteiger charge is -2.31. The highest BCUT2D eigenvalue weighted by Crippen LogP contribution is 2.54. The van der Waals surface area contributed by atoms with Crippen molar-refractivity contribution >= 4 is 64.1 Å². The lowest BCUT2D eigenvalue weighted by Crippen LogP contribution is -2.41. The number of fused-ring (bicyclic) bond motifs is 2. The van der Waals surface area contributed by atoms with Gasteiger partial charge < -0.3 is 20.5 Å². The number of nitrogens with zero attached hydrogens (tertiary/aromatic N) is 2. The molecule has 0 saturated carbocycles. The van der Waals surface area contributed by atoms with Crippen LogP contribution in [0.1, 0.15) is 16.4 Å². The summed E-state index contributed by atoms with van der Waals surface area (Å²) < 4.78 is 12.0. The molecule has 1 saturated heterocycles. The smallest absolute Gasteiger partial charge is 0.328 e. The molecule has 3 unspecified atom stereocenters. The maximum atomic E-state index is 13.3. The SMILES string of the molecule is COc1ccc(C2c3sc(=O)n(CC(=O)Nc4ccc(Cl)cc4)c3SC3C(=O)N(C(N)=O)C(=O)C32)cc1OC. The molecule has 5 amide bonds. The highest BCUT2D eigenvalue weighted by molar-refractivity contribution is 8.00. The van der Waals surface area contributed by atoms with Gasteiger partial charge in [-0.15, -0.1) is 0 Å². The third-order valence-electron chi connectivity index (χ3n) is 6.47. The summed E-state index contributed by atoms with van der Waals surface area (Å²) in [6.07, 6.45) is 0. The van der Waals surface area contributed by atoms with Crippen LogP contribution in [0.15, 0.2) is 52.3 Å². The van der Waals surface area contributed by atoms with Crippen molar-refractivity contribution in [2.24, 2.45) is 11.7 Å². The first kappa shape index (κ1) is 26.8. The van der Waals surface area contributed by atoms with E-state index in [4.69, 9.17) is 26.8 Å². The lowest BCUT2D eigenvalue weighted by atomic mass is 9.83. The summed E-state index contributed by atoms with van der Waals surface area (Å²) >= 11 is 7.75. The van der Waals surface area contributed by atoms with E-state index in [1.165, 1.54) is 18.8 Å². The zero-order valence-electron chi connectivity index (χ0n) is 20.5. The van der Waals surface area contributed by atoms with Crippen LogP contribution in [0, 0.1) is 5.92 Å². The fourth-order valence-electron chi connectivity index (χ4n) is 4.76. The van der Waals surface area contributed by atoms with E-state index >= 15 is 0 Å². The number of urea groups is 1. The van der Waals surface area contributed by atoms with Crippen LogP contribution < -0.4 is 25.4 Å². The average Bonchev–Trinajstić information content (AvgIpc) is 3.35. The lowest BCUT2D eigenvalue weighted by molar-refractivity contribution is -0.135. The van der Waals surface area contributed by atoms with Crippen LogP contribution in [-0.4, -0.2) is 52.7 Å². The van der Waals surface area contributed by atoms with Crippen molar-refractivity contribution in [3.63, 3.8) is 0 Å². The minimum Gasteiger partial charge on any atom is -0.493 e. The number of hydrogen-bond donors (Lipinski definition) is 2. The average molecular weight is 589 g/mol. The molecule has 5 rings (SSSR count). The number of imide groups is 3. The van der Waals surface area contributed by atoms with Crippen LogP contribution in [0.3, 0.4) is 0 Å². The van der Waals surface area contributed by atoms with E-state index in [0.717, 1.165) is 23.1 Å². The number of thioether (sulfide) groups is 1. The molecule has 2 aliphatic rings. The Morgan fingerprint density at radius 3 is 2.36 bits per heavy atom. The summed E-state index contributed by atoms with van der Waals surface area (Å²) in [7, 11) is 2.94. The maximum Gasteiger partial charge on any atom is 0.328 e. The number of carbonyl (C=O) groups is 4. The van der Waals surface area contributed by atoms with Crippen molar-refractivity contribution in [1.29, 1.82) is 0 Å². The number of anilines is 1. The number of nitrogens with one attached hydrogen (secondary N) is 1. The number of carbonyl (C=O) groups excluding carboxylic acids is 4. The largest absolute Gasteiger partial charge is 0.493 e. The van der Waals surface area contributed by atoms with Gasteiger partial charge in [-0.2, -0.15) is 4.90 Å². The highest BCUT2D eigenvalue weighted by atomic mass is 35.5. The Bertz CT molecular complexity index is 1570. The van der Waals surface area contributed by atoms with Gasteiger partial charge in [-0.05, 0) is 42.0 Å². The Morgan fingerprint density at radius 2 is 1.72 bits per heavy atom. The summed E-state index contributed by atoms with van der Waals surface area (Å²) in [5, 5.41) is 2.55. The van der Waals surface area contributed by atoms with Gasteiger partial charge in [-0.3, -0.25) is 23.7 Å². The summed E-state index contributed by atoms with van der Waals surface area (Å²) in [5.74, 6) is -2.96. The van der Waals surface area contributed by atoms with Crippen LogP contribution in [0.4, 0.5) is 10.5 Å². The number of likely N-dealkylation sites (tertiary alicyclic amines) is 1. The van der Waals surface area contributed by atoms with Gasteiger partial charge in [0.15, 0.2) is 11.5 Å². The van der Waals surface area contributed by atoms with Crippen molar-refractivity contribution in [2.45, 2.75) is 22.7 Å². The second-order valence-electron chi connectivity index (χ2n) is 8.69. The molecule has 3 N–H and O–H groups in total. The van der Waals surface area contributed by atoms with Gasteiger partial charge >= 0.3 is 10.9 Å². The molecule has 3 heterocycles. The van der Waals surface area contributed by atoms with E-state index in [1.54, 1.807) is 42.5 Å². The highest BCUT2D eigenvalue weighted by Gasteiger charge is 2.58. The zero-order chi connectivity index (χ0) is 28.0. The van der Waals surface area contributed by atoms with Crippen molar-refractivity contribution in [3.8, 4) is 11.5 Å². The Balaban J connectivity index is 1.59. The van der Waals surface area contributed by atoms with Gasteiger partial charge in [0.2, 0.25) is 11.8 Å². The van der Waals surface area contributed by atoms with Crippen molar-refractivity contribution in [3.05, 3.63) is 67.6 Å². The number of benzene rings is 2. The molecular formula is C25H21ClN4O7S2. The first-order valence-electron chi connectivity index (χ1n) is 11.5. The molecule has 3 atom stereocenters. The van der Waals surface area contributed by atoms with Gasteiger partial charge in [0.25, 0.3) is 5.91 Å². The van der Waals surface area contributed by atoms with Crippen molar-refractivity contribution in [1.82, 2.24) is 9.47 Å². The number of methoxy groups -OCH3 is 2. The molecule has 0 bridgehead atoms. The van der Waals surface area contributed by atoms with Crippen molar-refractivity contribution in [2.75, 3.05) is 19.5 Å². The second-order valence-corrected chi connectivity index (χ2v) is 11.2. The number of halogens is 1. The molecule has 11 nitrogen and oxygen atoms in total. The number of hydrogen-bond acceptors (Lipinski definition) is 9. The number of rotatable bonds is 6. The maximum absolute atomic E-state index is 13.3. The second kappa shape index (κ2) is 10.4. The third kappa shape index (κ3) is 4.66. The fraction of sp³-hybridized carbons (Fsp3) is 0.240. The Labute approximate surface area is 234 Å². The summed E-state index contributed by atoms with van der Waals surface area (Å²) in [6.45, 7) is -0.335. The van der Waals surface area contributed by atoms with Gasteiger partial charge in [-0.25, -0.2) is 4.79 Å². The quantitative estimate of drug-likeness (QED) is 0.417. The molecular weight excluding hydrogens is 568 g/mol. The summed E-state index contributed by atoms with van der Waals surface area (Å²) in [6, 6.07) is 10.3. The predicted molar refractivity (Wildman–Crippen MR) is 145 cm³/mol. The number of amides is 5. The number of aromatic nitrogens is 1. The van der Waals surface area contributed by atoms with E-state index in [1.807, 2.05) is 0 Å². The molecule has 0 aliphatic carbocycles. The number of thiazole rings is 1. The van der Waals surface area contributed by atoms with E-state index in [0.29, 0.717) is 42.6 Å². The molecule has 14 heteroatoms. The van der Waals surface area contributed by atoms with E-state index in [-0.39, 0.29) is 6.54 Å². The van der Waals surface area contributed by atoms with Crippen molar-refractivity contribution < 1.29 is 28.7 Å². The number of primary amides is 1. The Kier molecular flexibility index (Phi) is 7.14. The number of nitrogens with two attached hydrogens (primary N) is 1. The Hall–Kier alpha value is -3.81. The standard InChI is InChI=1S/C25H21ClN4O7S2/c1-36-14-8-3-11(9-15(14)37-2)17-18-19(22(33)30(21(18)32)24(27)34)38-23-20(17)39-25(35)29(23)10-16(31)28-13-6-4-12(26)5-7-13/h3-9,17-19H,10H2,1-2H3,(H2,27,34)(H,28,31). The van der Waals surface area contributed by atoms with Crippen LogP contribution in [0.25, 0.3) is 0 Å². The van der Waals surface area contributed by atoms with Crippen LogP contribution in [-0.2, 0) is 20.9 Å². The molecule has 1 aromatic heterocycles. The zero-order valence-corrected chi connectivity index (χ0v) is 22.9. The van der Waals surface area contributed by atoms with Gasteiger partial charge in [-0.1, -0.05) is 40.8 Å². The molecule has 0 spiro atoms. The summed E-state index contributed by atoms with van der Waals surface area (Å²) in [4.78, 5) is 65.1. The van der Waals surface area contributed by atoms with Gasteiger partial charge in [0.05, 0.1) is 25.2 Å². The predicted octanol–water partition coefficient (Wildman–Crippen LogP) is 2.89.